The van der Waals surface area contributed by atoms with Crippen molar-refractivity contribution in [1.82, 2.24) is 0 Å². The van der Waals surface area contributed by atoms with Crippen LogP contribution in [-0.4, -0.2) is 15.7 Å². The first kappa shape index (κ1) is 6.15. The Kier molecular flexibility index (Phi) is 1.44. The largest absolute Gasteiger partial charge is 0.364 e. The van der Waals surface area contributed by atoms with Crippen LogP contribution in [-0.2, 0) is 15.6 Å². The van der Waals surface area contributed by atoms with Gasteiger partial charge in [0, 0.05) is 5.41 Å². The van der Waals surface area contributed by atoms with Gasteiger partial charge < -0.3 is 5.73 Å². The molecule has 1 aliphatic heterocycles. The number of primary amides is 1. The first-order chi connectivity index (χ1) is 4.20. The molecule has 1 amide bonds. The van der Waals surface area contributed by atoms with Crippen molar-refractivity contribution in [2.24, 2.45) is 10.7 Å². The lowest BCUT2D eigenvalue weighted by Gasteiger charge is -1.83. The third-order valence-electron chi connectivity index (χ3n) is 0.776. The molecule has 0 aromatic heterocycles. The second-order valence-electron chi connectivity index (χ2n) is 1.43. The van der Waals surface area contributed by atoms with Crippen LogP contribution < -0.4 is 5.73 Å². The van der Waals surface area contributed by atoms with E-state index in [4.69, 9.17) is 5.73 Å². The minimum absolute atomic E-state index is 0.0772. The van der Waals surface area contributed by atoms with Gasteiger partial charge in [-0.05, 0) is 0 Å². The van der Waals surface area contributed by atoms with Gasteiger partial charge in [0.15, 0.2) is 0 Å². The molecule has 5 heteroatoms. The Bertz CT molecular complexity index is 231. The highest BCUT2D eigenvalue weighted by atomic mass is 32.2. The summed E-state index contributed by atoms with van der Waals surface area (Å²) in [5.74, 6) is -0.642. The van der Waals surface area contributed by atoms with E-state index in [1.165, 1.54) is 11.0 Å². The summed E-state index contributed by atoms with van der Waals surface area (Å²) in [6, 6.07) is 0. The van der Waals surface area contributed by atoms with Gasteiger partial charge in [0.05, 0.1) is 16.3 Å². The van der Waals surface area contributed by atoms with E-state index >= 15 is 0 Å². The standard InChI is InChI=1S/C4H4N2O2S/c5-4(7)3-1-9(8)2-6-3/h1-2H,(H2,5,7). The Morgan fingerprint density at radius 1 is 1.78 bits per heavy atom. The summed E-state index contributed by atoms with van der Waals surface area (Å²) in [5.41, 5.74) is 6.05. The zero-order chi connectivity index (χ0) is 6.85. The topological polar surface area (TPSA) is 72.5 Å². The van der Waals surface area contributed by atoms with E-state index < -0.39 is 16.7 Å². The van der Waals surface area contributed by atoms with E-state index in [0.717, 1.165) is 0 Å². The molecule has 1 heterocycles. The van der Waals surface area contributed by atoms with Crippen molar-refractivity contribution in [2.45, 2.75) is 0 Å². The Morgan fingerprint density at radius 2 is 2.44 bits per heavy atom. The molecule has 0 bridgehead atoms. The van der Waals surface area contributed by atoms with Crippen molar-refractivity contribution in [1.29, 1.82) is 0 Å². The zero-order valence-electron chi connectivity index (χ0n) is 4.40. The number of nitrogens with two attached hydrogens (primary N) is 1. The average molecular weight is 144 g/mol. The summed E-state index contributed by atoms with van der Waals surface area (Å²) in [6.45, 7) is 0. The Hall–Kier alpha value is -0.970. The lowest BCUT2D eigenvalue weighted by atomic mass is 10.5. The smallest absolute Gasteiger partial charge is 0.267 e. The number of amides is 1. The second kappa shape index (κ2) is 2.10. The monoisotopic (exact) mass is 144 g/mol. The third-order valence-corrected chi connectivity index (χ3v) is 1.54. The van der Waals surface area contributed by atoms with Crippen molar-refractivity contribution in [3.05, 3.63) is 11.1 Å². The lowest BCUT2D eigenvalue weighted by molar-refractivity contribution is -0.114. The number of rotatable bonds is 1. The molecule has 1 rings (SSSR count). The van der Waals surface area contributed by atoms with Crippen LogP contribution in [0.3, 0.4) is 0 Å². The minimum atomic E-state index is -1.23. The van der Waals surface area contributed by atoms with Gasteiger partial charge in [-0.15, -0.1) is 0 Å². The summed E-state index contributed by atoms with van der Waals surface area (Å²) >= 11 is 0. The highest BCUT2D eigenvalue weighted by molar-refractivity contribution is 8.01. The van der Waals surface area contributed by atoms with Gasteiger partial charge in [-0.2, -0.15) is 0 Å². The molecule has 0 aromatic rings. The SMILES string of the molecule is NC(=O)C1=CS(=O)C=N1. The van der Waals surface area contributed by atoms with Gasteiger partial charge in [-0.3, -0.25) is 4.79 Å². The fourth-order valence-electron chi connectivity index (χ4n) is 0.401. The third kappa shape index (κ3) is 1.23. The predicted molar refractivity (Wildman–Crippen MR) is 33.9 cm³/mol. The van der Waals surface area contributed by atoms with Gasteiger partial charge in [0.25, 0.3) is 5.91 Å². The van der Waals surface area contributed by atoms with E-state index in [2.05, 4.69) is 4.99 Å². The van der Waals surface area contributed by atoms with Gasteiger partial charge in [-0.1, -0.05) is 0 Å². The van der Waals surface area contributed by atoms with Crippen LogP contribution in [0, 0.1) is 0 Å². The van der Waals surface area contributed by atoms with Crippen LogP contribution in [0.25, 0.3) is 0 Å². The van der Waals surface area contributed by atoms with Crippen LogP contribution in [0.5, 0.6) is 0 Å². The van der Waals surface area contributed by atoms with E-state index in [0.29, 0.717) is 0 Å². The van der Waals surface area contributed by atoms with Gasteiger partial charge in [-0.25, -0.2) is 9.20 Å². The molecule has 9 heavy (non-hydrogen) atoms. The maximum Gasteiger partial charge on any atom is 0.267 e. The van der Waals surface area contributed by atoms with Crippen molar-refractivity contribution < 1.29 is 9.00 Å². The van der Waals surface area contributed by atoms with Crippen LogP contribution in [0.15, 0.2) is 16.1 Å². The highest BCUT2D eigenvalue weighted by Crippen LogP contribution is 2.03. The first-order valence-corrected chi connectivity index (χ1v) is 3.43. The Labute approximate surface area is 53.9 Å². The molecule has 0 saturated heterocycles. The number of carbonyl (C=O) groups excluding carboxylic acids is 1. The predicted octanol–water partition coefficient (Wildman–Crippen LogP) is -0.896. The van der Waals surface area contributed by atoms with Crippen molar-refractivity contribution in [3.63, 3.8) is 0 Å². The van der Waals surface area contributed by atoms with Gasteiger partial charge in [0.1, 0.15) is 5.70 Å². The second-order valence-corrected chi connectivity index (χ2v) is 2.53. The molecule has 0 saturated carbocycles. The van der Waals surface area contributed by atoms with Crippen LogP contribution in [0.4, 0.5) is 0 Å². The van der Waals surface area contributed by atoms with Crippen LogP contribution in [0.1, 0.15) is 0 Å². The number of aliphatic imine (C=N–C) groups is 1. The minimum Gasteiger partial charge on any atom is -0.364 e. The van der Waals surface area contributed by atoms with Crippen LogP contribution >= 0.6 is 0 Å². The number of hydrogen-bond donors (Lipinski definition) is 1. The highest BCUT2D eigenvalue weighted by Gasteiger charge is 2.08. The van der Waals surface area contributed by atoms with Crippen molar-refractivity contribution >= 4 is 22.3 Å². The van der Waals surface area contributed by atoms with Crippen molar-refractivity contribution in [2.75, 3.05) is 0 Å². The van der Waals surface area contributed by atoms with E-state index in [1.807, 2.05) is 0 Å². The van der Waals surface area contributed by atoms with Gasteiger partial charge in [0.2, 0.25) is 0 Å². The summed E-state index contributed by atoms with van der Waals surface area (Å²) in [7, 11) is -1.23. The molecule has 0 aromatic carbocycles. The van der Waals surface area contributed by atoms with E-state index in [1.54, 1.807) is 0 Å². The van der Waals surface area contributed by atoms with E-state index in [9.17, 15) is 9.00 Å². The Balaban J connectivity index is 2.88. The molecule has 2 N–H and O–H groups in total. The number of hydrogen-bond acceptors (Lipinski definition) is 3. The summed E-state index contributed by atoms with van der Waals surface area (Å²) < 4.78 is 10.4. The molecule has 1 atom stereocenters. The fraction of sp³-hybridized carbons (Fsp3) is 0. The van der Waals surface area contributed by atoms with Gasteiger partial charge >= 0.3 is 0 Å². The molecule has 4 nitrogen and oxygen atoms in total. The average Bonchev–Trinajstić information content (AvgIpc) is 2.14. The molecule has 1 aliphatic rings. The maximum atomic E-state index is 10.4. The molecule has 0 aliphatic carbocycles. The lowest BCUT2D eigenvalue weighted by Crippen LogP contribution is -2.11. The first-order valence-electron chi connectivity index (χ1n) is 2.15. The molecule has 0 radical (unpaired) electrons. The molecule has 48 valence electrons. The number of carbonyl (C=O) groups is 1. The number of nitrogens with zero attached hydrogens (tertiary/aromatic N) is 1. The molecular formula is C4H4N2O2S. The summed E-state index contributed by atoms with van der Waals surface area (Å²) in [4.78, 5) is 13.7. The van der Waals surface area contributed by atoms with Crippen molar-refractivity contribution in [3.8, 4) is 0 Å². The normalized spacial score (nSPS) is 24.0. The quantitative estimate of drug-likeness (QED) is 0.518. The molecule has 1 unspecified atom stereocenters. The molecule has 0 fully saturated rings. The maximum absolute atomic E-state index is 10.4. The van der Waals surface area contributed by atoms with E-state index in [-0.39, 0.29) is 5.70 Å². The molecule has 0 spiro atoms. The van der Waals surface area contributed by atoms with Crippen LogP contribution in [0.2, 0.25) is 0 Å². The summed E-state index contributed by atoms with van der Waals surface area (Å²) in [6.07, 6.45) is 0. The zero-order valence-corrected chi connectivity index (χ0v) is 5.22. The summed E-state index contributed by atoms with van der Waals surface area (Å²) in [5, 5.41) is 1.21. The molecular weight excluding hydrogens is 140 g/mol. The fourth-order valence-corrected chi connectivity index (χ4v) is 1.08. The Morgan fingerprint density at radius 3 is 2.67 bits per heavy atom.